The first kappa shape index (κ1) is 11.2. The van der Waals surface area contributed by atoms with Gasteiger partial charge in [0.05, 0.1) is 10.6 Å². The van der Waals surface area contributed by atoms with Crippen LogP contribution in [0.3, 0.4) is 0 Å². The predicted octanol–water partition coefficient (Wildman–Crippen LogP) is 3.61. The molecule has 0 bridgehead atoms. The van der Waals surface area contributed by atoms with Crippen LogP contribution in [-0.4, -0.2) is 12.1 Å². The van der Waals surface area contributed by atoms with Crippen LogP contribution in [0.2, 0.25) is 5.02 Å². The van der Waals surface area contributed by atoms with Crippen molar-refractivity contribution in [3.63, 3.8) is 0 Å². The van der Waals surface area contributed by atoms with Crippen LogP contribution in [0, 0.1) is 0 Å². The van der Waals surface area contributed by atoms with Gasteiger partial charge >= 0.3 is 5.97 Å². The van der Waals surface area contributed by atoms with Crippen molar-refractivity contribution in [2.45, 2.75) is 25.4 Å². The number of hydrogen-bond acceptors (Lipinski definition) is 2. The summed E-state index contributed by atoms with van der Waals surface area (Å²) in [6.07, 6.45) is 6.92. The fourth-order valence-corrected chi connectivity index (χ4v) is 1.92. The molecule has 0 aliphatic heterocycles. The number of allylic oxidation sites excluding steroid dienone is 1. The molecule has 1 aromatic carbocycles. The number of rotatable bonds is 2. The Balaban J connectivity index is 2.05. The largest absolute Gasteiger partial charge is 0.455 e. The molecule has 0 spiro atoms. The minimum absolute atomic E-state index is 0.0995. The van der Waals surface area contributed by atoms with Crippen LogP contribution in [0.4, 0.5) is 0 Å². The number of hydrogen-bond donors (Lipinski definition) is 0. The molecule has 0 saturated carbocycles. The molecule has 1 aliphatic rings. The Morgan fingerprint density at radius 3 is 2.88 bits per heavy atom. The topological polar surface area (TPSA) is 26.3 Å². The average molecular weight is 237 g/mol. The SMILES string of the molecule is O=C(OC1C=CCCC1)c1ccccc1Cl. The van der Waals surface area contributed by atoms with E-state index in [1.165, 1.54) is 0 Å². The summed E-state index contributed by atoms with van der Waals surface area (Å²) >= 11 is 5.92. The van der Waals surface area contributed by atoms with Gasteiger partial charge in [-0.05, 0) is 37.5 Å². The van der Waals surface area contributed by atoms with Crippen molar-refractivity contribution in [1.29, 1.82) is 0 Å². The molecule has 0 amide bonds. The van der Waals surface area contributed by atoms with E-state index in [0.717, 1.165) is 19.3 Å². The Morgan fingerprint density at radius 1 is 1.38 bits per heavy atom. The molecule has 3 heteroatoms. The highest BCUT2D eigenvalue weighted by Crippen LogP contribution is 2.19. The molecule has 1 aromatic rings. The smallest absolute Gasteiger partial charge is 0.340 e. The van der Waals surface area contributed by atoms with Crippen LogP contribution < -0.4 is 0 Å². The first-order chi connectivity index (χ1) is 7.77. The minimum Gasteiger partial charge on any atom is -0.455 e. The van der Waals surface area contributed by atoms with Gasteiger partial charge in [0.2, 0.25) is 0 Å². The highest BCUT2D eigenvalue weighted by molar-refractivity contribution is 6.33. The van der Waals surface area contributed by atoms with Gasteiger partial charge in [0.15, 0.2) is 0 Å². The van der Waals surface area contributed by atoms with E-state index >= 15 is 0 Å². The number of ether oxygens (including phenoxy) is 1. The van der Waals surface area contributed by atoms with E-state index in [1.807, 2.05) is 12.2 Å². The van der Waals surface area contributed by atoms with Crippen LogP contribution in [-0.2, 0) is 4.74 Å². The van der Waals surface area contributed by atoms with Gasteiger partial charge in [-0.1, -0.05) is 29.8 Å². The van der Waals surface area contributed by atoms with Crippen LogP contribution in [0.25, 0.3) is 0 Å². The van der Waals surface area contributed by atoms with Crippen LogP contribution >= 0.6 is 11.6 Å². The molecule has 0 fully saturated rings. The summed E-state index contributed by atoms with van der Waals surface area (Å²) in [5.74, 6) is -0.345. The molecule has 16 heavy (non-hydrogen) atoms. The third kappa shape index (κ3) is 2.64. The second kappa shape index (κ2) is 5.17. The number of halogens is 1. The molecule has 1 atom stereocenters. The normalized spacial score (nSPS) is 19.4. The Morgan fingerprint density at radius 2 is 2.19 bits per heavy atom. The zero-order valence-corrected chi connectivity index (χ0v) is 9.61. The van der Waals surface area contributed by atoms with Crippen molar-refractivity contribution in [2.24, 2.45) is 0 Å². The van der Waals surface area contributed by atoms with Crippen molar-refractivity contribution in [2.75, 3.05) is 0 Å². The first-order valence-corrected chi connectivity index (χ1v) is 5.77. The zero-order chi connectivity index (χ0) is 11.4. The molecule has 2 nitrogen and oxygen atoms in total. The Labute approximate surface area is 99.9 Å². The summed E-state index contributed by atoms with van der Waals surface area (Å²) < 4.78 is 5.35. The second-order valence-electron chi connectivity index (χ2n) is 3.78. The zero-order valence-electron chi connectivity index (χ0n) is 8.86. The van der Waals surface area contributed by atoms with Gasteiger partial charge in [-0.3, -0.25) is 0 Å². The van der Waals surface area contributed by atoms with E-state index in [1.54, 1.807) is 24.3 Å². The lowest BCUT2D eigenvalue weighted by Crippen LogP contribution is -2.18. The molecule has 1 unspecified atom stereocenters. The molecule has 0 radical (unpaired) electrons. The maximum atomic E-state index is 11.8. The van der Waals surface area contributed by atoms with Crippen LogP contribution in [0.5, 0.6) is 0 Å². The number of carbonyl (C=O) groups excluding carboxylic acids is 1. The lowest BCUT2D eigenvalue weighted by molar-refractivity contribution is 0.0370. The summed E-state index contributed by atoms with van der Waals surface area (Å²) in [6, 6.07) is 6.94. The Hall–Kier alpha value is -1.28. The van der Waals surface area contributed by atoms with Gasteiger partial charge in [-0.25, -0.2) is 4.79 Å². The summed E-state index contributed by atoms with van der Waals surface area (Å²) in [4.78, 5) is 11.8. The molecule has 84 valence electrons. The van der Waals surface area contributed by atoms with Gasteiger partial charge in [0.1, 0.15) is 6.10 Å². The van der Waals surface area contributed by atoms with Gasteiger partial charge in [0, 0.05) is 0 Å². The summed E-state index contributed by atoms with van der Waals surface area (Å²) in [5.41, 5.74) is 0.433. The number of carbonyl (C=O) groups is 1. The van der Waals surface area contributed by atoms with Crippen molar-refractivity contribution >= 4 is 17.6 Å². The molecule has 0 N–H and O–H groups in total. The third-order valence-corrected chi connectivity index (χ3v) is 2.89. The molecule has 2 rings (SSSR count). The summed E-state index contributed by atoms with van der Waals surface area (Å²) in [6.45, 7) is 0. The number of benzene rings is 1. The molecule has 0 heterocycles. The summed E-state index contributed by atoms with van der Waals surface area (Å²) in [5, 5.41) is 0.437. The van der Waals surface area contributed by atoms with Gasteiger partial charge in [-0.2, -0.15) is 0 Å². The van der Waals surface area contributed by atoms with E-state index in [0.29, 0.717) is 10.6 Å². The van der Waals surface area contributed by atoms with Crippen molar-refractivity contribution in [1.82, 2.24) is 0 Å². The van der Waals surface area contributed by atoms with Crippen molar-refractivity contribution in [3.8, 4) is 0 Å². The lowest BCUT2D eigenvalue weighted by Gasteiger charge is -2.17. The van der Waals surface area contributed by atoms with E-state index < -0.39 is 0 Å². The number of esters is 1. The molecular weight excluding hydrogens is 224 g/mol. The standard InChI is InChI=1S/C13H13ClO2/c14-12-9-5-4-8-11(12)13(15)16-10-6-2-1-3-7-10/h2,4-6,8-10H,1,3,7H2. The molecule has 0 aromatic heterocycles. The summed E-state index contributed by atoms with van der Waals surface area (Å²) in [7, 11) is 0. The second-order valence-corrected chi connectivity index (χ2v) is 4.19. The van der Waals surface area contributed by atoms with Gasteiger partial charge in [0.25, 0.3) is 0 Å². The maximum absolute atomic E-state index is 11.8. The quantitative estimate of drug-likeness (QED) is 0.579. The minimum atomic E-state index is -0.345. The van der Waals surface area contributed by atoms with Crippen molar-refractivity contribution in [3.05, 3.63) is 47.0 Å². The maximum Gasteiger partial charge on any atom is 0.340 e. The fraction of sp³-hybridized carbons (Fsp3) is 0.308. The van der Waals surface area contributed by atoms with Crippen molar-refractivity contribution < 1.29 is 9.53 Å². The van der Waals surface area contributed by atoms with Crippen LogP contribution in [0.1, 0.15) is 29.6 Å². The van der Waals surface area contributed by atoms with E-state index in [9.17, 15) is 4.79 Å². The van der Waals surface area contributed by atoms with E-state index in [-0.39, 0.29) is 12.1 Å². The Kier molecular flexibility index (Phi) is 3.62. The fourth-order valence-electron chi connectivity index (χ4n) is 1.71. The van der Waals surface area contributed by atoms with Crippen LogP contribution in [0.15, 0.2) is 36.4 Å². The molecule has 0 saturated heterocycles. The predicted molar refractivity (Wildman–Crippen MR) is 63.6 cm³/mol. The highest BCUT2D eigenvalue weighted by Gasteiger charge is 2.16. The van der Waals surface area contributed by atoms with Gasteiger partial charge < -0.3 is 4.74 Å². The van der Waals surface area contributed by atoms with Gasteiger partial charge in [-0.15, -0.1) is 0 Å². The lowest BCUT2D eigenvalue weighted by atomic mass is 10.1. The highest BCUT2D eigenvalue weighted by atomic mass is 35.5. The third-order valence-electron chi connectivity index (χ3n) is 2.56. The van der Waals surface area contributed by atoms with E-state index in [4.69, 9.17) is 16.3 Å². The average Bonchev–Trinajstić information content (AvgIpc) is 2.31. The first-order valence-electron chi connectivity index (χ1n) is 5.39. The molecular formula is C13H13ClO2. The Bertz CT molecular complexity index is 412. The van der Waals surface area contributed by atoms with E-state index in [2.05, 4.69) is 0 Å². The monoisotopic (exact) mass is 236 g/mol. The molecule has 1 aliphatic carbocycles.